The van der Waals surface area contributed by atoms with Crippen LogP contribution in [0.1, 0.15) is 27.8 Å². The highest BCUT2D eigenvalue weighted by Gasteiger charge is 2.05. The van der Waals surface area contributed by atoms with Crippen LogP contribution in [0.2, 0.25) is 0 Å². The van der Waals surface area contributed by atoms with Crippen molar-refractivity contribution in [2.45, 2.75) is 34.1 Å². The molecule has 3 heteroatoms. The fourth-order valence-corrected chi connectivity index (χ4v) is 2.56. The second-order valence-corrected chi connectivity index (χ2v) is 5.88. The Morgan fingerprint density at radius 2 is 1.55 bits per heavy atom. The molecule has 0 aliphatic carbocycles. The number of carbonyl (C=O) groups excluding carboxylic acids is 1. The van der Waals surface area contributed by atoms with E-state index in [1.807, 2.05) is 26.0 Å². The van der Waals surface area contributed by atoms with E-state index in [1.165, 1.54) is 22.3 Å². The molecule has 116 valence electrons. The van der Waals surface area contributed by atoms with Crippen molar-refractivity contribution in [3.63, 3.8) is 0 Å². The van der Waals surface area contributed by atoms with Crippen molar-refractivity contribution in [1.29, 1.82) is 0 Å². The molecule has 0 aromatic heterocycles. The summed E-state index contributed by atoms with van der Waals surface area (Å²) in [4.78, 5) is 12.0. The van der Waals surface area contributed by atoms with Gasteiger partial charge in [0.05, 0.1) is 0 Å². The predicted molar refractivity (Wildman–Crippen MR) is 92.6 cm³/mol. The van der Waals surface area contributed by atoms with E-state index in [1.54, 1.807) is 0 Å². The number of benzene rings is 2. The van der Waals surface area contributed by atoms with Crippen molar-refractivity contribution in [3.05, 3.63) is 64.2 Å². The maximum atomic E-state index is 12.0. The average molecular weight is 296 g/mol. The summed E-state index contributed by atoms with van der Waals surface area (Å²) in [6.07, 6.45) is 0.840. The van der Waals surface area contributed by atoms with Gasteiger partial charge in [-0.1, -0.05) is 41.5 Å². The zero-order valence-corrected chi connectivity index (χ0v) is 13.8. The van der Waals surface area contributed by atoms with Gasteiger partial charge in [0.25, 0.3) is 0 Å². The lowest BCUT2D eigenvalue weighted by molar-refractivity contribution is 0.252. The van der Waals surface area contributed by atoms with E-state index >= 15 is 0 Å². The first-order chi connectivity index (χ1) is 10.5. The topological polar surface area (TPSA) is 41.1 Å². The lowest BCUT2D eigenvalue weighted by atomic mass is 10.0. The first-order valence-electron chi connectivity index (χ1n) is 7.64. The van der Waals surface area contributed by atoms with Gasteiger partial charge in [0, 0.05) is 12.2 Å². The van der Waals surface area contributed by atoms with Crippen LogP contribution >= 0.6 is 0 Å². The minimum atomic E-state index is -0.156. The molecular weight excluding hydrogens is 272 g/mol. The van der Waals surface area contributed by atoms with Crippen molar-refractivity contribution >= 4 is 11.7 Å². The number of hydrogen-bond donors (Lipinski definition) is 2. The Labute approximate surface area is 132 Å². The highest BCUT2D eigenvalue weighted by Crippen LogP contribution is 2.15. The molecule has 0 radical (unpaired) electrons. The monoisotopic (exact) mass is 296 g/mol. The second-order valence-electron chi connectivity index (χ2n) is 5.88. The molecule has 22 heavy (non-hydrogen) atoms. The molecule has 0 unspecified atom stereocenters. The fourth-order valence-electron chi connectivity index (χ4n) is 2.56. The number of hydrogen-bond acceptors (Lipinski definition) is 1. The molecule has 2 aromatic rings. The molecule has 0 spiro atoms. The van der Waals surface area contributed by atoms with Gasteiger partial charge >= 0.3 is 6.03 Å². The van der Waals surface area contributed by atoms with Crippen LogP contribution < -0.4 is 10.6 Å². The summed E-state index contributed by atoms with van der Waals surface area (Å²) in [5.74, 6) is 0. The second kappa shape index (κ2) is 7.12. The zero-order valence-electron chi connectivity index (χ0n) is 13.8. The number of rotatable bonds is 4. The first kappa shape index (κ1) is 16.1. The van der Waals surface area contributed by atoms with E-state index in [-0.39, 0.29) is 6.03 Å². The van der Waals surface area contributed by atoms with E-state index in [2.05, 4.69) is 48.7 Å². The number of amides is 2. The molecule has 2 amide bonds. The smallest absolute Gasteiger partial charge is 0.319 e. The van der Waals surface area contributed by atoms with Crippen LogP contribution in [-0.2, 0) is 6.42 Å². The zero-order chi connectivity index (χ0) is 16.1. The van der Waals surface area contributed by atoms with Crippen molar-refractivity contribution < 1.29 is 4.79 Å². The Morgan fingerprint density at radius 1 is 0.909 bits per heavy atom. The minimum absolute atomic E-state index is 0.156. The van der Waals surface area contributed by atoms with Crippen LogP contribution in [0.4, 0.5) is 10.5 Å². The third kappa shape index (κ3) is 4.35. The van der Waals surface area contributed by atoms with E-state index < -0.39 is 0 Å². The van der Waals surface area contributed by atoms with Gasteiger partial charge in [0.1, 0.15) is 0 Å². The lowest BCUT2D eigenvalue weighted by Crippen LogP contribution is -2.30. The summed E-state index contributed by atoms with van der Waals surface area (Å²) in [5.41, 5.74) is 6.94. The quantitative estimate of drug-likeness (QED) is 0.868. The van der Waals surface area contributed by atoms with Gasteiger partial charge in [0.2, 0.25) is 0 Å². The van der Waals surface area contributed by atoms with Gasteiger partial charge in [0.15, 0.2) is 0 Å². The normalized spacial score (nSPS) is 10.4. The summed E-state index contributed by atoms with van der Waals surface area (Å²) in [6.45, 7) is 8.87. The van der Waals surface area contributed by atoms with Gasteiger partial charge in [-0.05, 0) is 56.9 Å². The summed E-state index contributed by atoms with van der Waals surface area (Å²) in [7, 11) is 0. The number of anilines is 1. The average Bonchev–Trinajstić information content (AvgIpc) is 2.44. The Morgan fingerprint density at radius 3 is 2.18 bits per heavy atom. The number of nitrogens with one attached hydrogen (secondary N) is 2. The van der Waals surface area contributed by atoms with Crippen LogP contribution in [0.3, 0.4) is 0 Å². The minimum Gasteiger partial charge on any atom is -0.338 e. The molecule has 0 atom stereocenters. The van der Waals surface area contributed by atoms with E-state index in [9.17, 15) is 4.79 Å². The summed E-state index contributed by atoms with van der Waals surface area (Å²) < 4.78 is 0. The van der Waals surface area contributed by atoms with Crippen LogP contribution in [-0.4, -0.2) is 12.6 Å². The molecule has 0 heterocycles. The Bertz CT molecular complexity index is 677. The number of carbonyl (C=O) groups is 1. The largest absolute Gasteiger partial charge is 0.338 e. The SMILES string of the molecule is Cc1ccc(CCNC(=O)Nc2ccc(C)cc2C)c(C)c1. The van der Waals surface area contributed by atoms with Crippen LogP contribution in [0.15, 0.2) is 36.4 Å². The molecule has 0 aliphatic rings. The summed E-state index contributed by atoms with van der Waals surface area (Å²) in [5, 5.41) is 5.81. The lowest BCUT2D eigenvalue weighted by Gasteiger charge is -2.11. The van der Waals surface area contributed by atoms with Crippen molar-refractivity contribution in [2.75, 3.05) is 11.9 Å². The molecule has 0 saturated heterocycles. The van der Waals surface area contributed by atoms with Crippen LogP contribution in [0.25, 0.3) is 0 Å². The van der Waals surface area contributed by atoms with Gasteiger partial charge < -0.3 is 10.6 Å². The highest BCUT2D eigenvalue weighted by molar-refractivity contribution is 5.90. The molecule has 3 nitrogen and oxygen atoms in total. The molecule has 0 saturated carbocycles. The maximum Gasteiger partial charge on any atom is 0.319 e. The Kier molecular flexibility index (Phi) is 5.21. The Balaban J connectivity index is 1.85. The Hall–Kier alpha value is -2.29. The molecule has 0 fully saturated rings. The third-order valence-corrected chi connectivity index (χ3v) is 3.81. The predicted octanol–water partition coefficient (Wildman–Crippen LogP) is 4.28. The molecule has 2 N–H and O–H groups in total. The molecule has 2 rings (SSSR count). The van der Waals surface area contributed by atoms with Crippen LogP contribution in [0.5, 0.6) is 0 Å². The fraction of sp³-hybridized carbons (Fsp3) is 0.316. The van der Waals surface area contributed by atoms with E-state index in [0.29, 0.717) is 6.54 Å². The van der Waals surface area contributed by atoms with E-state index in [0.717, 1.165) is 17.7 Å². The summed E-state index contributed by atoms with van der Waals surface area (Å²) in [6, 6.07) is 12.3. The standard InChI is InChI=1S/C19H24N2O/c1-13-5-7-17(15(3)11-13)9-10-20-19(22)21-18-8-6-14(2)12-16(18)4/h5-8,11-12H,9-10H2,1-4H3,(H2,20,21,22). The van der Waals surface area contributed by atoms with Gasteiger partial charge in [-0.2, -0.15) is 0 Å². The van der Waals surface area contributed by atoms with Crippen molar-refractivity contribution in [1.82, 2.24) is 5.32 Å². The van der Waals surface area contributed by atoms with Crippen LogP contribution in [0, 0.1) is 27.7 Å². The van der Waals surface area contributed by atoms with Crippen molar-refractivity contribution in [3.8, 4) is 0 Å². The first-order valence-corrected chi connectivity index (χ1v) is 7.64. The highest BCUT2D eigenvalue weighted by atomic mass is 16.2. The molecule has 0 aliphatic heterocycles. The summed E-state index contributed by atoms with van der Waals surface area (Å²) >= 11 is 0. The van der Waals surface area contributed by atoms with E-state index in [4.69, 9.17) is 0 Å². The molecule has 2 aromatic carbocycles. The van der Waals surface area contributed by atoms with Gasteiger partial charge in [-0.15, -0.1) is 0 Å². The third-order valence-electron chi connectivity index (χ3n) is 3.81. The maximum absolute atomic E-state index is 12.0. The molecule has 0 bridgehead atoms. The number of urea groups is 1. The number of aryl methyl sites for hydroxylation is 4. The van der Waals surface area contributed by atoms with Gasteiger partial charge in [-0.3, -0.25) is 0 Å². The molecular formula is C19H24N2O. The van der Waals surface area contributed by atoms with Gasteiger partial charge in [-0.25, -0.2) is 4.79 Å². The van der Waals surface area contributed by atoms with Crippen molar-refractivity contribution in [2.24, 2.45) is 0 Å².